The van der Waals surface area contributed by atoms with Crippen molar-refractivity contribution in [1.29, 1.82) is 0 Å². The smallest absolute Gasteiger partial charge is 0.329 e. The maximum absolute atomic E-state index is 15.0. The van der Waals surface area contributed by atoms with Gasteiger partial charge in [0.05, 0.1) is 12.7 Å². The minimum Gasteiger partial charge on any atom is -0.451 e. The molecule has 1 fully saturated rings. The van der Waals surface area contributed by atoms with Crippen molar-refractivity contribution in [2.24, 2.45) is 23.7 Å². The van der Waals surface area contributed by atoms with E-state index in [0.717, 1.165) is 25.8 Å². The maximum atomic E-state index is 15.0. The second-order valence-electron chi connectivity index (χ2n) is 23.8. The van der Waals surface area contributed by atoms with Gasteiger partial charge >= 0.3 is 23.9 Å². The van der Waals surface area contributed by atoms with Crippen LogP contribution in [0.1, 0.15) is 138 Å². The molecule has 1 aliphatic rings. The van der Waals surface area contributed by atoms with Gasteiger partial charge in [0, 0.05) is 47.2 Å². The number of amides is 4. The van der Waals surface area contributed by atoms with Crippen LogP contribution in [0.15, 0.2) is 67.0 Å². The number of hydrogen-bond donors (Lipinski definition) is 0. The molecule has 1 aromatic heterocycles. The van der Waals surface area contributed by atoms with Gasteiger partial charge in [0.1, 0.15) is 24.2 Å². The van der Waals surface area contributed by atoms with Crippen molar-refractivity contribution < 1.29 is 57.3 Å². The second-order valence-corrected chi connectivity index (χ2v) is 23.8. The van der Waals surface area contributed by atoms with Crippen LogP contribution in [-0.2, 0) is 82.1 Å². The normalized spacial score (nSPS) is 23.8. The van der Waals surface area contributed by atoms with Gasteiger partial charge in [-0.1, -0.05) is 131 Å². The van der Waals surface area contributed by atoms with E-state index >= 15 is 4.79 Å². The molecule has 0 radical (unpaired) electrons. The number of carbonyl (C=O) groups excluding carboxylic acids is 8. The average molecular weight is 1090 g/mol. The summed E-state index contributed by atoms with van der Waals surface area (Å²) in [5, 5.41) is 4.54. The number of hydrogen-bond acceptors (Lipinski definition) is 13. The standard InChI is InChI=1S/C60H88N6O12/c1-36(2)27-46-56(71)75-41(10)53(68)63(15)49(30-39(7)8)59(74)78-51(32-43-23-25-44(26-24-43)34-66-35-45(33-61-66)60(11,12)13)55(70)65(17)47(28-37(3)4)57(72)76-40(9)52(67)62(14)48(29-38(5)6)58(73)77-50(54(69)64(46)16)31-42-21-19-18-20-22-42/h18-26,33,35-41,46-51H,27-32,34H2,1-17H3/t40-,41-,46+,47+,48+,49+,50-,51-/m1/s1. The average Bonchev–Trinajstić information content (AvgIpc) is 3.85. The first kappa shape index (κ1) is 63.9. The summed E-state index contributed by atoms with van der Waals surface area (Å²) in [6, 6.07) is 11.2. The van der Waals surface area contributed by atoms with E-state index in [9.17, 15) is 33.6 Å². The van der Waals surface area contributed by atoms with Crippen LogP contribution in [0.3, 0.4) is 0 Å². The largest absolute Gasteiger partial charge is 0.451 e. The molecule has 0 N–H and O–H groups in total. The Labute approximate surface area is 462 Å². The fraction of sp³-hybridized carbons (Fsp3) is 0.617. The number of likely N-dealkylation sites (N-methyl/N-ethyl adjacent to an activating group) is 4. The highest BCUT2D eigenvalue weighted by molar-refractivity contribution is 5.94. The Morgan fingerprint density at radius 2 is 0.782 bits per heavy atom. The van der Waals surface area contributed by atoms with Crippen LogP contribution < -0.4 is 0 Å². The summed E-state index contributed by atoms with van der Waals surface area (Å²) in [7, 11) is 5.58. The first-order chi connectivity index (χ1) is 36.4. The highest BCUT2D eigenvalue weighted by Gasteiger charge is 2.43. The summed E-state index contributed by atoms with van der Waals surface area (Å²) in [5.74, 6) is -7.28. The molecule has 430 valence electrons. The molecule has 1 aliphatic heterocycles. The van der Waals surface area contributed by atoms with Crippen molar-refractivity contribution in [2.45, 2.75) is 189 Å². The van der Waals surface area contributed by atoms with Crippen molar-refractivity contribution in [3.8, 4) is 0 Å². The van der Waals surface area contributed by atoms with Crippen molar-refractivity contribution in [3.05, 3.63) is 89.2 Å². The number of cyclic esters (lactones) is 4. The van der Waals surface area contributed by atoms with Gasteiger partial charge in [0.15, 0.2) is 24.4 Å². The zero-order valence-corrected chi connectivity index (χ0v) is 49.3. The third kappa shape index (κ3) is 18.0. The fourth-order valence-corrected chi connectivity index (χ4v) is 9.33. The molecule has 2 heterocycles. The van der Waals surface area contributed by atoms with Crippen molar-refractivity contribution in [2.75, 3.05) is 28.2 Å². The molecule has 0 saturated carbocycles. The molecule has 1 saturated heterocycles. The predicted octanol–water partition coefficient (Wildman–Crippen LogP) is 7.21. The van der Waals surface area contributed by atoms with Gasteiger partial charge < -0.3 is 38.5 Å². The number of aromatic nitrogens is 2. The third-order valence-corrected chi connectivity index (χ3v) is 14.0. The summed E-state index contributed by atoms with van der Waals surface area (Å²) in [6.45, 7) is 24.4. The first-order valence-electron chi connectivity index (χ1n) is 27.4. The van der Waals surface area contributed by atoms with E-state index in [4.69, 9.17) is 18.9 Å². The molecular weight excluding hydrogens is 997 g/mol. The third-order valence-electron chi connectivity index (χ3n) is 14.0. The minimum absolute atomic E-state index is 0.0865. The van der Waals surface area contributed by atoms with Crippen LogP contribution in [0.4, 0.5) is 0 Å². The number of esters is 4. The molecule has 78 heavy (non-hydrogen) atoms. The fourth-order valence-electron chi connectivity index (χ4n) is 9.33. The van der Waals surface area contributed by atoms with E-state index in [1.807, 2.05) is 96.7 Å². The molecule has 8 atom stereocenters. The van der Waals surface area contributed by atoms with Gasteiger partial charge in [-0.3, -0.25) is 23.9 Å². The molecule has 0 unspecified atom stereocenters. The Morgan fingerprint density at radius 3 is 1.12 bits per heavy atom. The molecule has 3 aromatic rings. The van der Waals surface area contributed by atoms with E-state index in [2.05, 4.69) is 25.9 Å². The van der Waals surface area contributed by atoms with Gasteiger partial charge in [-0.2, -0.15) is 5.10 Å². The number of rotatable bonds is 14. The van der Waals surface area contributed by atoms with Crippen LogP contribution in [0.25, 0.3) is 0 Å². The van der Waals surface area contributed by atoms with Crippen LogP contribution in [0.2, 0.25) is 0 Å². The summed E-state index contributed by atoms with van der Waals surface area (Å²) >= 11 is 0. The molecule has 2 aromatic carbocycles. The second kappa shape index (κ2) is 28.3. The molecule has 18 heteroatoms. The van der Waals surface area contributed by atoms with E-state index in [1.165, 1.54) is 46.9 Å². The van der Waals surface area contributed by atoms with E-state index < -0.39 is 96.1 Å². The highest BCUT2D eigenvalue weighted by atomic mass is 16.6. The SMILES string of the molecule is CC(C)C[C@H]1C(=O)O[C@H](Cc2ccc(Cn3cc(C(C)(C)C)cn3)cc2)C(=O)N(C)[C@@H](CC(C)C)C(=O)O[C@H](C)C(=O)N(C)[C@@H](CC(C)C)C(=O)O[C@H](Cc2ccccc2)C(=O)N(C)[C@@H](CC(C)C)C(=O)O[C@H](C)C(=O)N1C. The zero-order valence-electron chi connectivity index (χ0n) is 49.3. The maximum Gasteiger partial charge on any atom is 0.329 e. The lowest BCUT2D eigenvalue weighted by Gasteiger charge is -2.35. The first-order valence-corrected chi connectivity index (χ1v) is 27.4. The Hall–Kier alpha value is -6.59. The predicted molar refractivity (Wildman–Crippen MR) is 295 cm³/mol. The Balaban J connectivity index is 1.85. The molecular formula is C60H88N6O12. The van der Waals surface area contributed by atoms with E-state index in [1.54, 1.807) is 30.3 Å². The molecule has 4 rings (SSSR count). The van der Waals surface area contributed by atoms with Gasteiger partial charge in [-0.15, -0.1) is 0 Å². The number of benzene rings is 2. The van der Waals surface area contributed by atoms with Crippen LogP contribution in [-0.4, -0.2) is 154 Å². The number of ether oxygens (including phenoxy) is 4. The minimum atomic E-state index is -1.53. The van der Waals surface area contributed by atoms with Crippen molar-refractivity contribution >= 4 is 47.5 Å². The van der Waals surface area contributed by atoms with Crippen molar-refractivity contribution in [3.63, 3.8) is 0 Å². The molecule has 4 amide bonds. The Morgan fingerprint density at radius 1 is 0.462 bits per heavy atom. The summed E-state index contributed by atoms with van der Waals surface area (Å²) in [6.07, 6.45) is -1.94. The van der Waals surface area contributed by atoms with Crippen LogP contribution in [0.5, 0.6) is 0 Å². The number of nitrogens with zero attached hydrogens (tertiary/aromatic N) is 6. The van der Waals surface area contributed by atoms with Gasteiger partial charge in [-0.25, -0.2) is 19.2 Å². The summed E-state index contributed by atoms with van der Waals surface area (Å²) < 4.78 is 25.9. The Bertz CT molecular complexity index is 2500. The van der Waals surface area contributed by atoms with Gasteiger partial charge in [-0.05, 0) is 90.9 Å². The Kier molecular flexibility index (Phi) is 23.2. The van der Waals surface area contributed by atoms with Crippen LogP contribution >= 0.6 is 0 Å². The quantitative estimate of drug-likeness (QED) is 0.116. The van der Waals surface area contributed by atoms with Crippen molar-refractivity contribution in [1.82, 2.24) is 29.4 Å². The van der Waals surface area contributed by atoms with E-state index in [0.29, 0.717) is 17.7 Å². The lowest BCUT2D eigenvalue weighted by atomic mass is 9.90. The lowest BCUT2D eigenvalue weighted by molar-refractivity contribution is -0.176. The van der Waals surface area contributed by atoms with Gasteiger partial charge in [0.25, 0.3) is 23.6 Å². The lowest BCUT2D eigenvalue weighted by Crippen LogP contribution is -2.55. The topological polar surface area (TPSA) is 204 Å². The molecule has 18 nitrogen and oxygen atoms in total. The molecule has 0 spiro atoms. The zero-order chi connectivity index (χ0) is 58.5. The number of carbonyl (C=O) groups is 8. The highest BCUT2D eigenvalue weighted by Crippen LogP contribution is 2.25. The van der Waals surface area contributed by atoms with Crippen LogP contribution in [0, 0.1) is 23.7 Å². The molecule has 0 bridgehead atoms. The summed E-state index contributed by atoms with van der Waals surface area (Å²) in [4.78, 5) is 121. The van der Waals surface area contributed by atoms with E-state index in [-0.39, 0.29) is 67.6 Å². The van der Waals surface area contributed by atoms with Gasteiger partial charge in [0.2, 0.25) is 0 Å². The molecule has 0 aliphatic carbocycles. The summed E-state index contributed by atoms with van der Waals surface area (Å²) in [5.41, 5.74) is 3.19. The monoisotopic (exact) mass is 1080 g/mol.